The molecule has 0 aliphatic heterocycles. The zero-order chi connectivity index (χ0) is 14.4. The van der Waals surface area contributed by atoms with E-state index in [4.69, 9.17) is 11.6 Å². The number of aryl methyl sites for hydroxylation is 1. The van der Waals surface area contributed by atoms with Crippen molar-refractivity contribution in [2.75, 3.05) is 5.32 Å². The van der Waals surface area contributed by atoms with Crippen molar-refractivity contribution in [3.63, 3.8) is 0 Å². The summed E-state index contributed by atoms with van der Waals surface area (Å²) in [5, 5.41) is 3.47. The molecule has 0 spiro atoms. The van der Waals surface area contributed by atoms with Crippen LogP contribution in [0.2, 0.25) is 5.02 Å². The number of carbonyl (C=O) groups excluding carboxylic acids is 1. The first kappa shape index (κ1) is 14.4. The number of halogens is 1. The molecule has 0 atom stereocenters. The molecule has 1 N–H and O–H groups in total. The summed E-state index contributed by atoms with van der Waals surface area (Å²) in [6.07, 6.45) is 4.14. The van der Waals surface area contributed by atoms with Crippen LogP contribution in [0.5, 0.6) is 0 Å². The van der Waals surface area contributed by atoms with Gasteiger partial charge in [-0.3, -0.25) is 4.79 Å². The number of rotatable bonds is 4. The van der Waals surface area contributed by atoms with Crippen molar-refractivity contribution in [1.29, 1.82) is 0 Å². The van der Waals surface area contributed by atoms with E-state index in [2.05, 4.69) is 12.2 Å². The van der Waals surface area contributed by atoms with E-state index in [-0.39, 0.29) is 5.91 Å². The van der Waals surface area contributed by atoms with E-state index in [1.54, 1.807) is 12.1 Å². The van der Waals surface area contributed by atoms with E-state index >= 15 is 0 Å². The van der Waals surface area contributed by atoms with Gasteiger partial charge in [-0.1, -0.05) is 48.9 Å². The van der Waals surface area contributed by atoms with Gasteiger partial charge in [0, 0.05) is 16.8 Å². The SMILES string of the molecule is CCc1cccc(NC(=O)/C=C/c2ccccc2Cl)c1. The largest absolute Gasteiger partial charge is 0.323 e. The summed E-state index contributed by atoms with van der Waals surface area (Å²) in [6, 6.07) is 15.2. The Hall–Kier alpha value is -2.06. The molecule has 0 unspecified atom stereocenters. The molecule has 0 saturated carbocycles. The third-order valence-electron chi connectivity index (χ3n) is 2.92. The van der Waals surface area contributed by atoms with E-state index in [9.17, 15) is 4.79 Å². The predicted octanol–water partition coefficient (Wildman–Crippen LogP) is 4.55. The molecule has 3 heteroatoms. The van der Waals surface area contributed by atoms with Crippen molar-refractivity contribution in [2.45, 2.75) is 13.3 Å². The molecule has 2 aromatic rings. The number of hydrogen-bond acceptors (Lipinski definition) is 1. The third kappa shape index (κ3) is 3.97. The summed E-state index contributed by atoms with van der Waals surface area (Å²) >= 11 is 6.02. The van der Waals surface area contributed by atoms with Crippen molar-refractivity contribution < 1.29 is 4.79 Å². The summed E-state index contributed by atoms with van der Waals surface area (Å²) in [6.45, 7) is 2.08. The standard InChI is InChI=1S/C17H16ClNO/c1-2-13-6-5-8-15(12-13)19-17(20)11-10-14-7-3-4-9-16(14)18/h3-12H,2H2,1H3,(H,19,20)/b11-10+. The molecule has 0 aliphatic rings. The highest BCUT2D eigenvalue weighted by Crippen LogP contribution is 2.16. The Kier molecular flexibility index (Phi) is 4.97. The average molecular weight is 286 g/mol. The van der Waals surface area contributed by atoms with Gasteiger partial charge in [0.1, 0.15) is 0 Å². The maximum absolute atomic E-state index is 11.9. The molecule has 20 heavy (non-hydrogen) atoms. The molecule has 0 aliphatic carbocycles. The molecule has 2 rings (SSSR count). The molecular weight excluding hydrogens is 270 g/mol. The smallest absolute Gasteiger partial charge is 0.248 e. The Morgan fingerprint density at radius 2 is 2.00 bits per heavy atom. The van der Waals surface area contributed by atoms with Crippen molar-refractivity contribution in [3.8, 4) is 0 Å². The molecule has 1 amide bonds. The maximum Gasteiger partial charge on any atom is 0.248 e. The number of hydrogen-bond donors (Lipinski definition) is 1. The second-order valence-electron chi connectivity index (χ2n) is 4.40. The average Bonchev–Trinajstić information content (AvgIpc) is 2.46. The molecule has 0 saturated heterocycles. The molecule has 0 aromatic heterocycles. The highest BCUT2D eigenvalue weighted by molar-refractivity contribution is 6.32. The van der Waals surface area contributed by atoms with E-state index in [0.29, 0.717) is 5.02 Å². The van der Waals surface area contributed by atoms with Crippen LogP contribution in [-0.4, -0.2) is 5.91 Å². The normalized spacial score (nSPS) is 10.7. The number of anilines is 1. The third-order valence-corrected chi connectivity index (χ3v) is 3.27. The van der Waals surface area contributed by atoms with Gasteiger partial charge >= 0.3 is 0 Å². The second-order valence-corrected chi connectivity index (χ2v) is 4.81. The highest BCUT2D eigenvalue weighted by Gasteiger charge is 2.00. The first-order valence-electron chi connectivity index (χ1n) is 6.51. The minimum absolute atomic E-state index is 0.168. The van der Waals surface area contributed by atoms with Gasteiger partial charge in [-0.2, -0.15) is 0 Å². The molecule has 0 heterocycles. The van der Waals surface area contributed by atoms with Gasteiger partial charge < -0.3 is 5.32 Å². The first-order valence-corrected chi connectivity index (χ1v) is 6.89. The van der Waals surface area contributed by atoms with Crippen molar-refractivity contribution >= 4 is 29.3 Å². The zero-order valence-electron chi connectivity index (χ0n) is 11.3. The van der Waals surface area contributed by atoms with Gasteiger partial charge in [-0.15, -0.1) is 0 Å². The zero-order valence-corrected chi connectivity index (χ0v) is 12.0. The lowest BCUT2D eigenvalue weighted by atomic mass is 10.1. The summed E-state index contributed by atoms with van der Waals surface area (Å²) in [5.41, 5.74) is 2.82. The monoisotopic (exact) mass is 285 g/mol. The topological polar surface area (TPSA) is 29.1 Å². The van der Waals surface area contributed by atoms with Crippen LogP contribution in [0, 0.1) is 0 Å². The predicted molar refractivity (Wildman–Crippen MR) is 84.9 cm³/mol. The van der Waals surface area contributed by atoms with Crippen molar-refractivity contribution in [2.24, 2.45) is 0 Å². The minimum atomic E-state index is -0.168. The fraction of sp³-hybridized carbons (Fsp3) is 0.118. The molecule has 0 fully saturated rings. The lowest BCUT2D eigenvalue weighted by Gasteiger charge is -2.04. The molecule has 0 bridgehead atoms. The van der Waals surface area contributed by atoms with Crippen LogP contribution < -0.4 is 5.32 Å². The Morgan fingerprint density at radius 1 is 1.20 bits per heavy atom. The molecular formula is C17H16ClNO. The van der Waals surface area contributed by atoms with Gasteiger partial charge in [0.05, 0.1) is 0 Å². The van der Waals surface area contributed by atoms with Crippen molar-refractivity contribution in [3.05, 3.63) is 70.8 Å². The molecule has 2 aromatic carbocycles. The van der Waals surface area contributed by atoms with E-state index in [0.717, 1.165) is 17.7 Å². The number of carbonyl (C=O) groups is 1. The Labute approximate surface area is 124 Å². The Morgan fingerprint density at radius 3 is 2.75 bits per heavy atom. The van der Waals surface area contributed by atoms with Gasteiger partial charge in [0.2, 0.25) is 5.91 Å². The maximum atomic E-state index is 11.9. The summed E-state index contributed by atoms with van der Waals surface area (Å²) in [7, 11) is 0. The molecule has 0 radical (unpaired) electrons. The van der Waals surface area contributed by atoms with Gasteiger partial charge in [-0.25, -0.2) is 0 Å². The van der Waals surface area contributed by atoms with Crippen molar-refractivity contribution in [1.82, 2.24) is 0 Å². The number of nitrogens with one attached hydrogen (secondary N) is 1. The summed E-state index contributed by atoms with van der Waals surface area (Å²) in [4.78, 5) is 11.9. The molecule has 2 nitrogen and oxygen atoms in total. The molecule has 102 valence electrons. The second kappa shape index (κ2) is 6.92. The lowest BCUT2D eigenvalue weighted by Crippen LogP contribution is -2.07. The lowest BCUT2D eigenvalue weighted by molar-refractivity contribution is -0.111. The van der Waals surface area contributed by atoms with Gasteiger partial charge in [0.15, 0.2) is 0 Å². The summed E-state index contributed by atoms with van der Waals surface area (Å²) < 4.78 is 0. The fourth-order valence-corrected chi connectivity index (χ4v) is 2.03. The minimum Gasteiger partial charge on any atom is -0.323 e. The Bertz CT molecular complexity index is 634. The quantitative estimate of drug-likeness (QED) is 0.820. The van der Waals surface area contributed by atoms with Crippen LogP contribution in [0.1, 0.15) is 18.1 Å². The Balaban J connectivity index is 2.04. The number of amides is 1. The van der Waals surface area contributed by atoms with Crippen LogP contribution in [0.3, 0.4) is 0 Å². The van der Waals surface area contributed by atoms with Crippen LogP contribution in [0.4, 0.5) is 5.69 Å². The van der Waals surface area contributed by atoms with E-state index in [1.165, 1.54) is 11.6 Å². The van der Waals surface area contributed by atoms with E-state index in [1.807, 2.05) is 42.5 Å². The van der Waals surface area contributed by atoms with Crippen LogP contribution in [-0.2, 0) is 11.2 Å². The van der Waals surface area contributed by atoms with Crippen LogP contribution in [0.25, 0.3) is 6.08 Å². The number of benzene rings is 2. The highest BCUT2D eigenvalue weighted by atomic mass is 35.5. The summed E-state index contributed by atoms with van der Waals surface area (Å²) in [5.74, 6) is -0.168. The fourth-order valence-electron chi connectivity index (χ4n) is 1.83. The van der Waals surface area contributed by atoms with Gasteiger partial charge in [-0.05, 0) is 41.8 Å². The van der Waals surface area contributed by atoms with Gasteiger partial charge in [0.25, 0.3) is 0 Å². The first-order chi connectivity index (χ1) is 9.69. The van der Waals surface area contributed by atoms with Crippen LogP contribution in [0.15, 0.2) is 54.6 Å². The van der Waals surface area contributed by atoms with E-state index < -0.39 is 0 Å². The van der Waals surface area contributed by atoms with Crippen LogP contribution >= 0.6 is 11.6 Å².